The zero-order valence-electron chi connectivity index (χ0n) is 16.3. The molecular weight excluding hydrogens is 473 g/mol. The van der Waals surface area contributed by atoms with E-state index in [1.54, 1.807) is 18.4 Å². The maximum atomic E-state index is 5.63. The maximum absolute atomic E-state index is 5.63. The molecule has 2 aromatic rings. The summed E-state index contributed by atoms with van der Waals surface area (Å²) in [5.74, 6) is 0.802. The molecule has 0 bridgehead atoms. The van der Waals surface area contributed by atoms with Crippen molar-refractivity contribution in [3.05, 3.63) is 57.3 Å². The predicted octanol–water partition coefficient (Wildman–Crippen LogP) is 4.09. The number of thiophene rings is 1. The molecule has 0 fully saturated rings. The van der Waals surface area contributed by atoms with Crippen LogP contribution in [-0.2, 0) is 29.2 Å². The van der Waals surface area contributed by atoms with Crippen LogP contribution in [0.3, 0.4) is 0 Å². The van der Waals surface area contributed by atoms with E-state index >= 15 is 0 Å². The second-order valence-electron chi connectivity index (χ2n) is 5.88. The number of benzene rings is 1. The lowest BCUT2D eigenvalue weighted by atomic mass is 10.1. The van der Waals surface area contributed by atoms with Gasteiger partial charge in [0.1, 0.15) is 0 Å². The van der Waals surface area contributed by atoms with Crippen molar-refractivity contribution >= 4 is 41.3 Å². The van der Waals surface area contributed by atoms with Crippen LogP contribution < -0.4 is 10.6 Å². The fourth-order valence-corrected chi connectivity index (χ4v) is 3.28. The molecule has 1 aromatic heterocycles. The Morgan fingerprint density at radius 1 is 1.07 bits per heavy atom. The minimum Gasteiger partial charge on any atom is -0.379 e. The molecule has 27 heavy (non-hydrogen) atoms. The zero-order valence-corrected chi connectivity index (χ0v) is 19.4. The highest BCUT2D eigenvalue weighted by atomic mass is 127. The topological polar surface area (TPSA) is 54.9 Å². The van der Waals surface area contributed by atoms with Crippen LogP contribution in [0.1, 0.15) is 28.5 Å². The largest absolute Gasteiger partial charge is 0.379 e. The summed E-state index contributed by atoms with van der Waals surface area (Å²) in [7, 11) is 1.79. The highest BCUT2D eigenvalue weighted by Gasteiger charge is 2.03. The molecule has 0 radical (unpaired) electrons. The standard InChI is InChI=1S/C20H29N3O2S.HI/c1-4-24-9-10-25-15-18-7-5-6-17(12-18)13-22-20(21-3)23-14-19-16(2)8-11-26-19;/h5-8,11-12H,4,9-10,13-15H2,1-3H3,(H2,21,22,23);1H. The van der Waals surface area contributed by atoms with Crippen LogP contribution in [0.4, 0.5) is 0 Å². The SMILES string of the molecule is CCOCCOCc1cccc(CNC(=NC)NCc2sccc2C)c1.I. The maximum Gasteiger partial charge on any atom is 0.191 e. The molecule has 0 amide bonds. The van der Waals surface area contributed by atoms with Gasteiger partial charge in [-0.15, -0.1) is 35.3 Å². The van der Waals surface area contributed by atoms with Gasteiger partial charge >= 0.3 is 0 Å². The number of hydrogen-bond donors (Lipinski definition) is 2. The van der Waals surface area contributed by atoms with E-state index in [0.717, 1.165) is 31.2 Å². The molecule has 2 N–H and O–H groups in total. The van der Waals surface area contributed by atoms with E-state index in [2.05, 4.69) is 58.3 Å². The van der Waals surface area contributed by atoms with Crippen LogP contribution in [0.5, 0.6) is 0 Å². The van der Waals surface area contributed by atoms with Crippen molar-refractivity contribution in [1.82, 2.24) is 10.6 Å². The molecule has 5 nitrogen and oxygen atoms in total. The molecule has 2 rings (SSSR count). The summed E-state index contributed by atoms with van der Waals surface area (Å²) in [5.41, 5.74) is 3.68. The highest BCUT2D eigenvalue weighted by Crippen LogP contribution is 2.14. The molecule has 0 atom stereocenters. The van der Waals surface area contributed by atoms with Crippen LogP contribution in [-0.4, -0.2) is 32.8 Å². The Bertz CT molecular complexity index is 691. The van der Waals surface area contributed by atoms with Crippen molar-refractivity contribution in [3.63, 3.8) is 0 Å². The van der Waals surface area contributed by atoms with Gasteiger partial charge in [0.15, 0.2) is 5.96 Å². The summed E-state index contributed by atoms with van der Waals surface area (Å²) < 4.78 is 10.9. The lowest BCUT2D eigenvalue weighted by molar-refractivity contribution is 0.0453. The summed E-state index contributed by atoms with van der Waals surface area (Å²) in [6.45, 7) is 8.22. The average Bonchev–Trinajstić information content (AvgIpc) is 3.07. The first kappa shape index (κ1) is 23.9. The number of aryl methyl sites for hydroxylation is 1. The van der Waals surface area contributed by atoms with Gasteiger partial charge in [0.05, 0.1) is 26.4 Å². The minimum absolute atomic E-state index is 0. The monoisotopic (exact) mass is 503 g/mol. The molecule has 0 spiro atoms. The average molecular weight is 503 g/mol. The first-order valence-corrected chi connectivity index (χ1v) is 9.81. The number of nitrogens with one attached hydrogen (secondary N) is 2. The van der Waals surface area contributed by atoms with E-state index in [1.807, 2.05) is 6.92 Å². The summed E-state index contributed by atoms with van der Waals surface area (Å²) in [6, 6.07) is 10.5. The summed E-state index contributed by atoms with van der Waals surface area (Å²) in [5, 5.41) is 8.84. The zero-order chi connectivity index (χ0) is 18.6. The lowest BCUT2D eigenvalue weighted by Gasteiger charge is -2.12. The fourth-order valence-electron chi connectivity index (χ4n) is 2.44. The molecule has 0 aliphatic carbocycles. The number of ether oxygens (including phenoxy) is 2. The highest BCUT2D eigenvalue weighted by molar-refractivity contribution is 14.0. The van der Waals surface area contributed by atoms with Gasteiger partial charge in [-0.2, -0.15) is 0 Å². The third kappa shape index (κ3) is 9.05. The smallest absolute Gasteiger partial charge is 0.191 e. The molecule has 150 valence electrons. The van der Waals surface area contributed by atoms with Crippen molar-refractivity contribution in [2.75, 3.05) is 26.9 Å². The second kappa shape index (κ2) is 13.9. The normalized spacial score (nSPS) is 11.1. The van der Waals surface area contributed by atoms with E-state index in [9.17, 15) is 0 Å². The Balaban J connectivity index is 0.00000364. The Kier molecular flexibility index (Phi) is 12.3. The Hall–Kier alpha value is -1.16. The van der Waals surface area contributed by atoms with Crippen LogP contribution >= 0.6 is 35.3 Å². The van der Waals surface area contributed by atoms with Gasteiger partial charge in [0.25, 0.3) is 0 Å². The molecule has 0 saturated heterocycles. The van der Waals surface area contributed by atoms with Crippen LogP contribution in [0.2, 0.25) is 0 Å². The second-order valence-corrected chi connectivity index (χ2v) is 6.88. The quantitative estimate of drug-likeness (QED) is 0.222. The van der Waals surface area contributed by atoms with E-state index in [1.165, 1.54) is 16.0 Å². The number of guanidine groups is 1. The fraction of sp³-hybridized carbons (Fsp3) is 0.450. The Labute approximate surface area is 183 Å². The number of halogens is 1. The van der Waals surface area contributed by atoms with Crippen molar-refractivity contribution in [2.24, 2.45) is 4.99 Å². The number of rotatable bonds is 10. The molecule has 1 aromatic carbocycles. The first-order valence-electron chi connectivity index (χ1n) is 8.93. The molecule has 0 aliphatic rings. The van der Waals surface area contributed by atoms with Gasteiger partial charge in [-0.05, 0) is 42.0 Å². The summed E-state index contributed by atoms with van der Waals surface area (Å²) in [6.07, 6.45) is 0. The van der Waals surface area contributed by atoms with Crippen LogP contribution in [0.25, 0.3) is 0 Å². The van der Waals surface area contributed by atoms with Crippen molar-refractivity contribution < 1.29 is 9.47 Å². The third-order valence-electron chi connectivity index (χ3n) is 3.90. The van der Waals surface area contributed by atoms with E-state index in [0.29, 0.717) is 19.8 Å². The molecule has 0 aliphatic heterocycles. The van der Waals surface area contributed by atoms with Crippen molar-refractivity contribution in [1.29, 1.82) is 0 Å². The Morgan fingerprint density at radius 3 is 2.52 bits per heavy atom. The van der Waals surface area contributed by atoms with Gasteiger partial charge in [0, 0.05) is 25.1 Å². The number of nitrogens with zero attached hydrogens (tertiary/aromatic N) is 1. The molecule has 1 heterocycles. The lowest BCUT2D eigenvalue weighted by Crippen LogP contribution is -2.36. The van der Waals surface area contributed by atoms with E-state index in [-0.39, 0.29) is 24.0 Å². The van der Waals surface area contributed by atoms with Gasteiger partial charge in [-0.25, -0.2) is 0 Å². The van der Waals surface area contributed by atoms with E-state index < -0.39 is 0 Å². The van der Waals surface area contributed by atoms with E-state index in [4.69, 9.17) is 9.47 Å². The molecule has 0 unspecified atom stereocenters. The summed E-state index contributed by atoms with van der Waals surface area (Å²) in [4.78, 5) is 5.63. The van der Waals surface area contributed by atoms with Gasteiger partial charge in [-0.1, -0.05) is 24.3 Å². The molecule has 0 saturated carbocycles. The van der Waals surface area contributed by atoms with Crippen molar-refractivity contribution in [3.8, 4) is 0 Å². The van der Waals surface area contributed by atoms with Crippen LogP contribution in [0.15, 0.2) is 40.7 Å². The predicted molar refractivity (Wildman–Crippen MR) is 124 cm³/mol. The Morgan fingerprint density at radius 2 is 1.81 bits per heavy atom. The molecule has 7 heteroatoms. The minimum atomic E-state index is 0. The number of aliphatic imine (C=N–C) groups is 1. The summed E-state index contributed by atoms with van der Waals surface area (Å²) >= 11 is 1.76. The van der Waals surface area contributed by atoms with Gasteiger partial charge in [-0.3, -0.25) is 4.99 Å². The first-order chi connectivity index (χ1) is 12.7. The number of hydrogen-bond acceptors (Lipinski definition) is 4. The van der Waals surface area contributed by atoms with Gasteiger partial charge in [0.2, 0.25) is 0 Å². The van der Waals surface area contributed by atoms with Gasteiger partial charge < -0.3 is 20.1 Å². The molecular formula is C20H30IN3O2S. The van der Waals surface area contributed by atoms with Crippen LogP contribution in [0, 0.1) is 6.92 Å². The third-order valence-corrected chi connectivity index (χ3v) is 4.93. The van der Waals surface area contributed by atoms with Crippen molar-refractivity contribution in [2.45, 2.75) is 33.5 Å².